The molecule has 0 atom stereocenters. The summed E-state index contributed by atoms with van der Waals surface area (Å²) in [5.74, 6) is -1.01. The molecule has 0 aliphatic heterocycles. The normalized spacial score (nSPS) is 11.0. The Kier molecular flexibility index (Phi) is 7.44. The van der Waals surface area contributed by atoms with Crippen LogP contribution in [0.25, 0.3) is 0 Å². The van der Waals surface area contributed by atoms with Crippen molar-refractivity contribution in [3.8, 4) is 5.75 Å². The van der Waals surface area contributed by atoms with Crippen molar-refractivity contribution in [3.05, 3.63) is 70.7 Å². The lowest BCUT2D eigenvalue weighted by atomic mass is 10.2. The number of hydrogen-bond acceptors (Lipinski definition) is 7. The first-order chi connectivity index (χ1) is 15.7. The molecule has 0 saturated carbocycles. The maximum Gasteiger partial charge on any atom is 0.416 e. The van der Waals surface area contributed by atoms with Crippen molar-refractivity contribution in [1.29, 1.82) is 0 Å². The van der Waals surface area contributed by atoms with Gasteiger partial charge < -0.3 is 9.47 Å². The largest absolute Gasteiger partial charge is 0.481 e. The quantitative estimate of drug-likeness (QED) is 0.342. The lowest BCUT2D eigenvalue weighted by molar-refractivity contribution is -0.147. The van der Waals surface area contributed by atoms with E-state index in [-0.39, 0.29) is 28.7 Å². The summed E-state index contributed by atoms with van der Waals surface area (Å²) in [6.45, 7) is 0.532. The van der Waals surface area contributed by atoms with Crippen LogP contribution in [0.4, 0.5) is 24.0 Å². The Balaban J connectivity index is 1.65. The van der Waals surface area contributed by atoms with Gasteiger partial charge in [0.1, 0.15) is 12.4 Å². The van der Waals surface area contributed by atoms with Crippen LogP contribution in [0.3, 0.4) is 0 Å². The second kappa shape index (κ2) is 10.3. The lowest BCUT2D eigenvalue weighted by Crippen LogP contribution is -2.23. The molecule has 11 heteroatoms. The minimum Gasteiger partial charge on any atom is -0.481 e. The van der Waals surface area contributed by atoms with Crippen molar-refractivity contribution in [1.82, 2.24) is 4.98 Å². The number of ether oxygens (including phenoxy) is 2. The molecule has 7 nitrogen and oxygen atoms in total. The highest BCUT2D eigenvalue weighted by atomic mass is 32.1. The molecular formula is C22H17F3N2O5S. The molecule has 0 aliphatic rings. The predicted molar refractivity (Wildman–Crippen MR) is 113 cm³/mol. The minimum atomic E-state index is -4.56. The fourth-order valence-electron chi connectivity index (χ4n) is 2.76. The van der Waals surface area contributed by atoms with E-state index in [1.54, 1.807) is 12.1 Å². The molecule has 0 unspecified atom stereocenters. The molecule has 1 amide bonds. The summed E-state index contributed by atoms with van der Waals surface area (Å²) in [5, 5.41) is 1.65. The number of benzene rings is 2. The van der Waals surface area contributed by atoms with E-state index in [1.165, 1.54) is 36.6 Å². The van der Waals surface area contributed by atoms with Gasteiger partial charge in [-0.25, -0.2) is 9.78 Å². The Hall–Kier alpha value is -3.73. The number of alkyl halides is 3. The fourth-order valence-corrected chi connectivity index (χ4v) is 3.63. The first-order valence-electron chi connectivity index (χ1n) is 9.44. The number of amides is 1. The van der Waals surface area contributed by atoms with Crippen LogP contribution in [0.1, 0.15) is 28.5 Å². The van der Waals surface area contributed by atoms with E-state index < -0.39 is 30.2 Å². The van der Waals surface area contributed by atoms with Crippen LogP contribution < -0.4 is 9.64 Å². The summed E-state index contributed by atoms with van der Waals surface area (Å²) >= 11 is 1.01. The van der Waals surface area contributed by atoms with E-state index in [9.17, 15) is 27.6 Å². The molecule has 3 rings (SSSR count). The van der Waals surface area contributed by atoms with Gasteiger partial charge in [-0.15, -0.1) is 11.3 Å². The summed E-state index contributed by atoms with van der Waals surface area (Å²) < 4.78 is 49.5. The average molecular weight is 478 g/mol. The van der Waals surface area contributed by atoms with E-state index in [2.05, 4.69) is 4.98 Å². The topological polar surface area (TPSA) is 85.8 Å². The zero-order valence-corrected chi connectivity index (χ0v) is 18.0. The van der Waals surface area contributed by atoms with Gasteiger partial charge in [-0.3, -0.25) is 14.5 Å². The molecular weight excluding hydrogens is 461 g/mol. The SMILES string of the molecule is CC(=O)N(c1cccc(C(F)(F)F)c1)c1nc(COC(=O)COc2ccccc2C=O)cs1. The standard InChI is InChI=1S/C22H17F3N2O5S/c1-14(29)27(18-7-4-6-16(9-18)22(23,24)25)21-26-17(13-33-21)11-32-20(30)12-31-19-8-3-2-5-15(19)10-28/h2-10,13H,11-12H2,1H3. The number of carbonyl (C=O) groups excluding carboxylic acids is 3. The number of anilines is 2. The molecule has 33 heavy (non-hydrogen) atoms. The van der Waals surface area contributed by atoms with E-state index in [0.29, 0.717) is 12.0 Å². The van der Waals surface area contributed by atoms with E-state index in [0.717, 1.165) is 28.4 Å². The monoisotopic (exact) mass is 478 g/mol. The minimum absolute atomic E-state index is 0.0115. The third-order valence-electron chi connectivity index (χ3n) is 4.25. The number of nitrogens with zero attached hydrogens (tertiary/aromatic N) is 2. The first-order valence-corrected chi connectivity index (χ1v) is 10.3. The summed E-state index contributed by atoms with van der Waals surface area (Å²) in [7, 11) is 0. The zero-order chi connectivity index (χ0) is 24.0. The van der Waals surface area contributed by atoms with E-state index >= 15 is 0 Å². The molecule has 0 aliphatic carbocycles. The van der Waals surface area contributed by atoms with Gasteiger partial charge >= 0.3 is 12.1 Å². The number of esters is 1. The lowest BCUT2D eigenvalue weighted by Gasteiger charge is -2.19. The zero-order valence-electron chi connectivity index (χ0n) is 17.2. The van der Waals surface area contributed by atoms with Crippen molar-refractivity contribution in [2.45, 2.75) is 19.7 Å². The molecule has 0 spiro atoms. The second-order valence-corrected chi connectivity index (χ2v) is 7.47. The Morgan fingerprint density at radius 1 is 1.15 bits per heavy atom. The van der Waals surface area contributed by atoms with Gasteiger partial charge in [0.05, 0.1) is 22.5 Å². The molecule has 2 aromatic carbocycles. The molecule has 3 aromatic rings. The van der Waals surface area contributed by atoms with Crippen LogP contribution in [-0.4, -0.2) is 29.8 Å². The van der Waals surface area contributed by atoms with Crippen LogP contribution in [-0.2, 0) is 27.1 Å². The first kappa shape index (κ1) is 23.9. The number of para-hydroxylation sites is 1. The maximum absolute atomic E-state index is 13.0. The second-order valence-electron chi connectivity index (χ2n) is 6.63. The van der Waals surface area contributed by atoms with Crippen LogP contribution in [0.2, 0.25) is 0 Å². The Morgan fingerprint density at radius 2 is 1.91 bits per heavy atom. The molecule has 0 saturated heterocycles. The highest BCUT2D eigenvalue weighted by molar-refractivity contribution is 7.14. The Bertz CT molecular complexity index is 1160. The van der Waals surface area contributed by atoms with Gasteiger partial charge in [0.15, 0.2) is 18.0 Å². The summed E-state index contributed by atoms with van der Waals surface area (Å²) in [5.41, 5.74) is -0.297. The van der Waals surface area contributed by atoms with Gasteiger partial charge in [-0.1, -0.05) is 18.2 Å². The fraction of sp³-hybridized carbons (Fsp3) is 0.182. The molecule has 172 valence electrons. The molecule has 0 N–H and O–H groups in total. The van der Waals surface area contributed by atoms with E-state index in [1.807, 2.05) is 0 Å². The molecule has 0 fully saturated rings. The van der Waals surface area contributed by atoms with Gasteiger partial charge in [0.2, 0.25) is 5.91 Å². The third-order valence-corrected chi connectivity index (χ3v) is 5.12. The smallest absolute Gasteiger partial charge is 0.416 e. The highest BCUT2D eigenvalue weighted by Crippen LogP contribution is 2.35. The number of aldehydes is 1. The van der Waals surface area contributed by atoms with Crippen LogP contribution in [0.15, 0.2) is 53.9 Å². The van der Waals surface area contributed by atoms with Gasteiger partial charge in [0, 0.05) is 12.3 Å². The summed E-state index contributed by atoms with van der Waals surface area (Å²) in [6.07, 6.45) is -3.96. The number of hydrogen-bond donors (Lipinski definition) is 0. The molecule has 0 radical (unpaired) electrons. The maximum atomic E-state index is 13.0. The van der Waals surface area contributed by atoms with Crippen LogP contribution >= 0.6 is 11.3 Å². The third kappa shape index (κ3) is 6.16. The Labute approximate surface area is 190 Å². The van der Waals surface area contributed by atoms with Crippen molar-refractivity contribution in [3.63, 3.8) is 0 Å². The summed E-state index contributed by atoms with van der Waals surface area (Å²) in [4.78, 5) is 40.3. The molecule has 0 bridgehead atoms. The summed E-state index contributed by atoms with van der Waals surface area (Å²) in [6, 6.07) is 10.7. The molecule has 1 heterocycles. The van der Waals surface area contributed by atoms with Crippen LogP contribution in [0.5, 0.6) is 5.75 Å². The number of thiazole rings is 1. The average Bonchev–Trinajstić information content (AvgIpc) is 3.24. The Morgan fingerprint density at radius 3 is 2.61 bits per heavy atom. The number of halogens is 3. The molecule has 1 aromatic heterocycles. The van der Waals surface area contributed by atoms with Gasteiger partial charge in [-0.05, 0) is 30.3 Å². The number of rotatable bonds is 8. The van der Waals surface area contributed by atoms with Crippen LogP contribution in [0, 0.1) is 0 Å². The van der Waals surface area contributed by atoms with Crippen molar-refractivity contribution in [2.75, 3.05) is 11.5 Å². The number of aromatic nitrogens is 1. The van der Waals surface area contributed by atoms with Crippen molar-refractivity contribution in [2.24, 2.45) is 0 Å². The van der Waals surface area contributed by atoms with Gasteiger partial charge in [0.25, 0.3) is 0 Å². The van der Waals surface area contributed by atoms with Crippen molar-refractivity contribution < 1.29 is 37.0 Å². The van der Waals surface area contributed by atoms with Crippen molar-refractivity contribution >= 4 is 40.3 Å². The predicted octanol–water partition coefficient (Wildman–Crippen LogP) is 4.78. The highest BCUT2D eigenvalue weighted by Gasteiger charge is 2.31. The van der Waals surface area contributed by atoms with Gasteiger partial charge in [-0.2, -0.15) is 13.2 Å². The van der Waals surface area contributed by atoms with E-state index in [4.69, 9.17) is 9.47 Å². The number of carbonyl (C=O) groups is 3.